The van der Waals surface area contributed by atoms with Crippen LogP contribution in [0.4, 0.5) is 0 Å². The second-order valence-electron chi connectivity index (χ2n) is 6.90. The first kappa shape index (κ1) is 25.2. The number of hydrogen-bond acceptors (Lipinski definition) is 6. The van der Waals surface area contributed by atoms with Crippen LogP contribution in [-0.2, 0) is 19.2 Å². The van der Waals surface area contributed by atoms with E-state index < -0.39 is 41.8 Å². The molecular formula is C17H32N4O5S. The molecule has 3 amide bonds. The molecule has 0 radical (unpaired) electrons. The summed E-state index contributed by atoms with van der Waals surface area (Å²) in [5.41, 5.74) is 5.28. The van der Waals surface area contributed by atoms with Crippen molar-refractivity contribution in [2.45, 2.75) is 52.2 Å². The highest BCUT2D eigenvalue weighted by atomic mass is 32.2. The first-order valence-corrected chi connectivity index (χ1v) is 10.3. The number of nitrogens with one attached hydrogen (secondary N) is 3. The van der Waals surface area contributed by atoms with Gasteiger partial charge in [-0.05, 0) is 30.3 Å². The van der Waals surface area contributed by atoms with E-state index in [1.54, 1.807) is 27.7 Å². The minimum atomic E-state index is -1.12. The summed E-state index contributed by atoms with van der Waals surface area (Å²) in [6, 6.07) is -2.80. The minimum Gasteiger partial charge on any atom is -0.480 e. The summed E-state index contributed by atoms with van der Waals surface area (Å²) >= 11 is 1.48. The second-order valence-corrected chi connectivity index (χ2v) is 7.89. The lowest BCUT2D eigenvalue weighted by Crippen LogP contribution is -2.58. The van der Waals surface area contributed by atoms with Crippen LogP contribution in [0.15, 0.2) is 0 Å². The van der Waals surface area contributed by atoms with Gasteiger partial charge >= 0.3 is 5.97 Å². The quantitative estimate of drug-likeness (QED) is 0.295. The van der Waals surface area contributed by atoms with Crippen molar-refractivity contribution < 1.29 is 24.3 Å². The lowest BCUT2D eigenvalue weighted by atomic mass is 9.99. The van der Waals surface area contributed by atoms with Gasteiger partial charge in [0.25, 0.3) is 0 Å². The Morgan fingerprint density at radius 1 is 0.926 bits per heavy atom. The summed E-state index contributed by atoms with van der Waals surface area (Å²) in [6.45, 7) is 6.75. The van der Waals surface area contributed by atoms with Crippen molar-refractivity contribution in [3.05, 3.63) is 0 Å². The van der Waals surface area contributed by atoms with E-state index in [1.165, 1.54) is 11.8 Å². The van der Waals surface area contributed by atoms with E-state index in [1.807, 2.05) is 6.26 Å². The molecule has 0 aromatic rings. The third-order valence-corrected chi connectivity index (χ3v) is 4.57. The third kappa shape index (κ3) is 9.09. The average molecular weight is 405 g/mol. The molecule has 3 unspecified atom stereocenters. The number of amides is 3. The van der Waals surface area contributed by atoms with Crippen molar-refractivity contribution >= 4 is 35.5 Å². The molecule has 0 aromatic carbocycles. The number of carboxylic acids is 1. The summed E-state index contributed by atoms with van der Waals surface area (Å²) in [6.07, 6.45) is 2.13. The molecule has 0 aliphatic heterocycles. The number of aliphatic carboxylic acids is 1. The number of hydrogen-bond donors (Lipinski definition) is 5. The molecule has 0 saturated carbocycles. The van der Waals surface area contributed by atoms with Gasteiger partial charge in [0.2, 0.25) is 17.7 Å². The Labute approximate surface area is 164 Å². The molecule has 0 spiro atoms. The van der Waals surface area contributed by atoms with Crippen LogP contribution in [0.5, 0.6) is 0 Å². The van der Waals surface area contributed by atoms with Crippen LogP contribution in [0.25, 0.3) is 0 Å². The van der Waals surface area contributed by atoms with Gasteiger partial charge in [0, 0.05) is 0 Å². The summed E-state index contributed by atoms with van der Waals surface area (Å²) in [7, 11) is 0. The van der Waals surface area contributed by atoms with Crippen LogP contribution >= 0.6 is 11.8 Å². The number of carbonyl (C=O) groups excluding carboxylic acids is 3. The summed E-state index contributed by atoms with van der Waals surface area (Å²) < 4.78 is 0. The molecule has 0 fully saturated rings. The molecule has 0 bridgehead atoms. The second kappa shape index (κ2) is 12.6. The molecular weight excluding hydrogens is 372 g/mol. The first-order chi connectivity index (χ1) is 12.5. The zero-order chi connectivity index (χ0) is 21.1. The van der Waals surface area contributed by atoms with Gasteiger partial charge in [0.1, 0.15) is 18.1 Å². The lowest BCUT2D eigenvalue weighted by Gasteiger charge is -2.27. The van der Waals surface area contributed by atoms with Gasteiger partial charge in [-0.2, -0.15) is 11.8 Å². The van der Waals surface area contributed by atoms with E-state index in [9.17, 15) is 24.3 Å². The van der Waals surface area contributed by atoms with Crippen LogP contribution < -0.4 is 21.7 Å². The van der Waals surface area contributed by atoms with Gasteiger partial charge in [-0.3, -0.25) is 14.4 Å². The molecule has 3 atom stereocenters. The highest BCUT2D eigenvalue weighted by Gasteiger charge is 2.32. The predicted octanol–water partition coefficient (Wildman–Crippen LogP) is -0.451. The van der Waals surface area contributed by atoms with Crippen molar-refractivity contribution in [2.75, 3.05) is 18.6 Å². The van der Waals surface area contributed by atoms with E-state index in [-0.39, 0.29) is 24.8 Å². The maximum atomic E-state index is 12.6. The van der Waals surface area contributed by atoms with Gasteiger partial charge in [0.05, 0.1) is 6.54 Å². The Bertz CT molecular complexity index is 527. The molecule has 10 heteroatoms. The van der Waals surface area contributed by atoms with Crippen LogP contribution in [0.3, 0.4) is 0 Å². The van der Waals surface area contributed by atoms with Crippen molar-refractivity contribution in [3.8, 4) is 0 Å². The predicted molar refractivity (Wildman–Crippen MR) is 105 cm³/mol. The normalized spacial score (nSPS) is 14.4. The maximum absolute atomic E-state index is 12.6. The highest BCUT2D eigenvalue weighted by Crippen LogP contribution is 2.08. The number of thioether (sulfide) groups is 1. The topological polar surface area (TPSA) is 151 Å². The molecule has 0 saturated heterocycles. The Hall–Kier alpha value is -1.81. The number of carboxylic acid groups (broad SMARTS) is 1. The Morgan fingerprint density at radius 3 is 1.81 bits per heavy atom. The van der Waals surface area contributed by atoms with Crippen LogP contribution in [0.2, 0.25) is 0 Å². The summed E-state index contributed by atoms with van der Waals surface area (Å²) in [4.78, 5) is 48.0. The smallest absolute Gasteiger partial charge is 0.326 e. The highest BCUT2D eigenvalue weighted by molar-refractivity contribution is 7.98. The average Bonchev–Trinajstić information content (AvgIpc) is 2.59. The van der Waals surface area contributed by atoms with E-state index in [4.69, 9.17) is 5.73 Å². The van der Waals surface area contributed by atoms with Crippen LogP contribution in [0, 0.1) is 11.8 Å². The fraction of sp³-hybridized carbons (Fsp3) is 0.765. The van der Waals surface area contributed by atoms with Crippen molar-refractivity contribution in [2.24, 2.45) is 17.6 Å². The van der Waals surface area contributed by atoms with Gasteiger partial charge in [-0.15, -0.1) is 0 Å². The Balaban J connectivity index is 5.18. The Morgan fingerprint density at radius 2 is 1.41 bits per heavy atom. The number of rotatable bonds is 12. The molecule has 156 valence electrons. The molecule has 27 heavy (non-hydrogen) atoms. The molecule has 0 heterocycles. The molecule has 0 aliphatic carbocycles. The van der Waals surface area contributed by atoms with E-state index in [0.717, 1.165) is 0 Å². The van der Waals surface area contributed by atoms with E-state index in [2.05, 4.69) is 16.0 Å². The fourth-order valence-electron chi connectivity index (χ4n) is 2.30. The largest absolute Gasteiger partial charge is 0.480 e. The monoisotopic (exact) mass is 404 g/mol. The first-order valence-electron chi connectivity index (χ1n) is 8.87. The zero-order valence-electron chi connectivity index (χ0n) is 16.6. The third-order valence-electron chi connectivity index (χ3n) is 3.92. The molecule has 0 aromatic heterocycles. The lowest BCUT2D eigenvalue weighted by molar-refractivity contribution is -0.142. The fourth-order valence-corrected chi connectivity index (χ4v) is 2.77. The SMILES string of the molecule is CSCCC(NC(=O)C(NC(=O)C(NC(=O)CN)C(C)C)C(C)C)C(=O)O. The van der Waals surface area contributed by atoms with Gasteiger partial charge in [-0.1, -0.05) is 27.7 Å². The van der Waals surface area contributed by atoms with Crippen molar-refractivity contribution in [1.29, 1.82) is 0 Å². The van der Waals surface area contributed by atoms with E-state index in [0.29, 0.717) is 5.75 Å². The summed E-state index contributed by atoms with van der Waals surface area (Å²) in [5.74, 6) is -2.60. The summed E-state index contributed by atoms with van der Waals surface area (Å²) in [5, 5.41) is 16.9. The van der Waals surface area contributed by atoms with Crippen LogP contribution in [0.1, 0.15) is 34.1 Å². The van der Waals surface area contributed by atoms with Crippen molar-refractivity contribution in [1.82, 2.24) is 16.0 Å². The van der Waals surface area contributed by atoms with Crippen LogP contribution in [-0.4, -0.2) is 65.5 Å². The van der Waals surface area contributed by atoms with Gasteiger partial charge in [0.15, 0.2) is 0 Å². The number of nitrogens with two attached hydrogens (primary N) is 1. The maximum Gasteiger partial charge on any atom is 0.326 e. The Kier molecular flexibility index (Phi) is 11.7. The molecule has 9 nitrogen and oxygen atoms in total. The molecule has 6 N–H and O–H groups in total. The van der Waals surface area contributed by atoms with Gasteiger partial charge < -0.3 is 26.8 Å². The minimum absolute atomic E-state index is 0.218. The number of carbonyl (C=O) groups is 4. The zero-order valence-corrected chi connectivity index (χ0v) is 17.4. The molecule has 0 rings (SSSR count). The standard InChI is InChI=1S/C17H32N4O5S/c1-9(2)13(20-12(22)8-18)16(24)21-14(10(3)4)15(23)19-11(17(25)26)6-7-27-5/h9-11,13-14H,6-8,18H2,1-5H3,(H,19,23)(H,20,22)(H,21,24)(H,25,26). The van der Waals surface area contributed by atoms with E-state index >= 15 is 0 Å². The van der Waals surface area contributed by atoms with Crippen molar-refractivity contribution in [3.63, 3.8) is 0 Å². The van der Waals surface area contributed by atoms with Gasteiger partial charge in [-0.25, -0.2) is 4.79 Å². The molecule has 0 aliphatic rings.